The van der Waals surface area contributed by atoms with E-state index in [0.29, 0.717) is 6.61 Å². The van der Waals surface area contributed by atoms with E-state index in [-0.39, 0.29) is 18.3 Å². The maximum absolute atomic E-state index is 12.4. The zero-order valence-corrected chi connectivity index (χ0v) is 11.2. The summed E-state index contributed by atoms with van der Waals surface area (Å²) < 4.78 is 42.5. The van der Waals surface area contributed by atoms with Crippen LogP contribution in [0.4, 0.5) is 13.2 Å². The van der Waals surface area contributed by atoms with E-state index in [0.717, 1.165) is 30.5 Å². The third-order valence-electron chi connectivity index (χ3n) is 3.24. The molecule has 0 heterocycles. The minimum absolute atomic E-state index is 0. The minimum Gasteiger partial charge on any atom is -0.481 e. The summed E-state index contributed by atoms with van der Waals surface area (Å²) in [5, 5.41) is 7.82. The van der Waals surface area contributed by atoms with Crippen LogP contribution in [0.1, 0.15) is 30.9 Å². The Morgan fingerprint density at radius 3 is 2.16 bits per heavy atom. The molecule has 0 atom stereocenters. The predicted molar refractivity (Wildman–Crippen MR) is 69.0 cm³/mol. The quantitative estimate of drug-likeness (QED) is 0.658. The topological polar surface area (TPSA) is 33.1 Å². The SMILES string of the molecule is CCOC(=N)C1(c2ccc(C(F)(F)F)cc2)CC1.Cl. The molecule has 0 radical (unpaired) electrons. The van der Waals surface area contributed by atoms with Gasteiger partial charge in [-0.1, -0.05) is 12.1 Å². The predicted octanol–water partition coefficient (Wildman–Crippen LogP) is 4.17. The van der Waals surface area contributed by atoms with Gasteiger partial charge < -0.3 is 4.74 Å². The second kappa shape index (κ2) is 5.41. The molecule has 0 aromatic heterocycles. The molecule has 1 saturated carbocycles. The third kappa shape index (κ3) is 3.03. The van der Waals surface area contributed by atoms with Crippen LogP contribution in [0, 0.1) is 5.41 Å². The molecule has 1 aromatic rings. The Labute approximate surface area is 115 Å². The highest BCUT2D eigenvalue weighted by Crippen LogP contribution is 2.49. The number of hydrogen-bond acceptors (Lipinski definition) is 2. The molecule has 19 heavy (non-hydrogen) atoms. The Balaban J connectivity index is 0.00000180. The van der Waals surface area contributed by atoms with Gasteiger partial charge in [-0.2, -0.15) is 13.2 Å². The van der Waals surface area contributed by atoms with Crippen molar-refractivity contribution in [3.8, 4) is 0 Å². The average molecular weight is 294 g/mol. The summed E-state index contributed by atoms with van der Waals surface area (Å²) in [5.41, 5.74) is -0.418. The van der Waals surface area contributed by atoms with E-state index >= 15 is 0 Å². The van der Waals surface area contributed by atoms with Crippen molar-refractivity contribution >= 4 is 18.3 Å². The molecule has 0 saturated heterocycles. The lowest BCUT2D eigenvalue weighted by Gasteiger charge is -2.17. The smallest absolute Gasteiger partial charge is 0.416 e. The summed E-state index contributed by atoms with van der Waals surface area (Å²) in [5.74, 6) is 0.157. The lowest BCUT2D eigenvalue weighted by atomic mass is 9.94. The molecule has 1 aliphatic carbocycles. The van der Waals surface area contributed by atoms with Gasteiger partial charge in [0.1, 0.15) is 0 Å². The fourth-order valence-corrected chi connectivity index (χ4v) is 2.03. The van der Waals surface area contributed by atoms with Crippen LogP contribution in [0.25, 0.3) is 0 Å². The zero-order chi connectivity index (χ0) is 13.4. The van der Waals surface area contributed by atoms with E-state index < -0.39 is 17.2 Å². The number of nitrogens with one attached hydrogen (secondary N) is 1. The molecule has 0 spiro atoms. The van der Waals surface area contributed by atoms with Gasteiger partial charge in [0.05, 0.1) is 17.6 Å². The van der Waals surface area contributed by atoms with Crippen LogP contribution in [-0.4, -0.2) is 12.5 Å². The van der Waals surface area contributed by atoms with E-state index in [1.165, 1.54) is 12.1 Å². The third-order valence-corrected chi connectivity index (χ3v) is 3.24. The van der Waals surface area contributed by atoms with Crippen molar-refractivity contribution < 1.29 is 17.9 Å². The minimum atomic E-state index is -4.32. The lowest BCUT2D eigenvalue weighted by molar-refractivity contribution is -0.137. The van der Waals surface area contributed by atoms with Gasteiger partial charge in [0.25, 0.3) is 0 Å². The standard InChI is InChI=1S/C13H14F3NO.ClH/c1-2-18-11(17)12(7-8-12)9-3-5-10(6-4-9)13(14,15)16;/h3-6,17H,2,7-8H2,1H3;1H. The first-order valence-corrected chi connectivity index (χ1v) is 5.80. The first kappa shape index (κ1) is 15.8. The first-order chi connectivity index (χ1) is 8.40. The van der Waals surface area contributed by atoms with Crippen molar-refractivity contribution in [1.29, 1.82) is 5.41 Å². The van der Waals surface area contributed by atoms with E-state index in [9.17, 15) is 13.2 Å². The van der Waals surface area contributed by atoms with Crippen molar-refractivity contribution in [1.82, 2.24) is 0 Å². The fourth-order valence-electron chi connectivity index (χ4n) is 2.03. The number of rotatable bonds is 3. The average Bonchev–Trinajstić information content (AvgIpc) is 3.09. The van der Waals surface area contributed by atoms with Gasteiger partial charge >= 0.3 is 6.18 Å². The van der Waals surface area contributed by atoms with E-state index in [4.69, 9.17) is 10.1 Å². The van der Waals surface area contributed by atoms with Crippen molar-refractivity contribution in [2.45, 2.75) is 31.4 Å². The van der Waals surface area contributed by atoms with Crippen LogP contribution in [0.2, 0.25) is 0 Å². The number of halogens is 4. The Hall–Kier alpha value is -1.23. The van der Waals surface area contributed by atoms with Gasteiger partial charge in [-0.25, -0.2) is 0 Å². The van der Waals surface area contributed by atoms with Crippen molar-refractivity contribution in [3.05, 3.63) is 35.4 Å². The number of benzene rings is 1. The maximum atomic E-state index is 12.4. The summed E-state index contributed by atoms with van der Waals surface area (Å²) in [6.45, 7) is 2.19. The van der Waals surface area contributed by atoms with Gasteiger partial charge in [0.2, 0.25) is 0 Å². The van der Waals surface area contributed by atoms with Gasteiger partial charge in [-0.3, -0.25) is 5.41 Å². The van der Waals surface area contributed by atoms with Crippen LogP contribution < -0.4 is 0 Å². The highest BCUT2D eigenvalue weighted by Gasteiger charge is 2.50. The molecule has 0 unspecified atom stereocenters. The molecule has 2 nitrogen and oxygen atoms in total. The highest BCUT2D eigenvalue weighted by atomic mass is 35.5. The van der Waals surface area contributed by atoms with Crippen molar-refractivity contribution in [3.63, 3.8) is 0 Å². The molecule has 0 amide bonds. The number of ether oxygens (including phenoxy) is 1. The largest absolute Gasteiger partial charge is 0.481 e. The second-order valence-electron chi connectivity index (χ2n) is 4.42. The molecular weight excluding hydrogens is 279 g/mol. The summed E-state index contributed by atoms with van der Waals surface area (Å²) in [7, 11) is 0. The Kier molecular flexibility index (Phi) is 4.50. The molecule has 1 aromatic carbocycles. The molecule has 0 aliphatic heterocycles. The normalized spacial score (nSPS) is 16.4. The molecule has 2 rings (SSSR count). The maximum Gasteiger partial charge on any atom is 0.416 e. The summed E-state index contributed by atoms with van der Waals surface area (Å²) in [4.78, 5) is 0. The molecule has 1 fully saturated rings. The zero-order valence-electron chi connectivity index (χ0n) is 10.4. The van der Waals surface area contributed by atoms with E-state index in [1.807, 2.05) is 0 Å². The van der Waals surface area contributed by atoms with Gasteiger partial charge in [0, 0.05) is 0 Å². The molecule has 6 heteroatoms. The molecular formula is C13H15ClF3NO. The van der Waals surface area contributed by atoms with E-state index in [2.05, 4.69) is 0 Å². The Morgan fingerprint density at radius 1 is 1.26 bits per heavy atom. The van der Waals surface area contributed by atoms with Crippen molar-refractivity contribution in [2.75, 3.05) is 6.61 Å². The van der Waals surface area contributed by atoms with Gasteiger partial charge in [-0.05, 0) is 37.5 Å². The van der Waals surface area contributed by atoms with Crippen LogP contribution in [0.3, 0.4) is 0 Å². The summed E-state index contributed by atoms with van der Waals surface area (Å²) in [6.07, 6.45) is -2.79. The molecule has 1 aliphatic rings. The molecule has 106 valence electrons. The van der Waals surface area contributed by atoms with Crippen LogP contribution in [0.15, 0.2) is 24.3 Å². The van der Waals surface area contributed by atoms with Crippen LogP contribution >= 0.6 is 12.4 Å². The molecule has 1 N–H and O–H groups in total. The Bertz CT molecular complexity index is 452. The summed E-state index contributed by atoms with van der Waals surface area (Å²) in [6, 6.07) is 5.02. The van der Waals surface area contributed by atoms with E-state index in [1.54, 1.807) is 6.92 Å². The Morgan fingerprint density at radius 2 is 1.79 bits per heavy atom. The molecule has 0 bridgehead atoms. The second-order valence-corrected chi connectivity index (χ2v) is 4.42. The fraction of sp³-hybridized carbons (Fsp3) is 0.462. The van der Waals surface area contributed by atoms with Gasteiger partial charge in [0.15, 0.2) is 5.90 Å². The van der Waals surface area contributed by atoms with Crippen LogP contribution in [0.5, 0.6) is 0 Å². The number of hydrogen-bond donors (Lipinski definition) is 1. The lowest BCUT2D eigenvalue weighted by Crippen LogP contribution is -2.22. The summed E-state index contributed by atoms with van der Waals surface area (Å²) >= 11 is 0. The van der Waals surface area contributed by atoms with Crippen LogP contribution in [-0.2, 0) is 16.3 Å². The number of alkyl halides is 3. The highest BCUT2D eigenvalue weighted by molar-refractivity contribution is 5.88. The van der Waals surface area contributed by atoms with Gasteiger partial charge in [-0.15, -0.1) is 12.4 Å². The first-order valence-electron chi connectivity index (χ1n) is 5.80. The monoisotopic (exact) mass is 293 g/mol. The van der Waals surface area contributed by atoms with Crippen molar-refractivity contribution in [2.24, 2.45) is 0 Å².